The van der Waals surface area contributed by atoms with Crippen molar-refractivity contribution in [3.05, 3.63) is 34.5 Å². The summed E-state index contributed by atoms with van der Waals surface area (Å²) in [5.41, 5.74) is 0.418. The second kappa shape index (κ2) is 7.47. The van der Waals surface area contributed by atoms with E-state index in [1.54, 1.807) is 7.05 Å². The molecule has 5 atom stereocenters. The minimum absolute atomic E-state index is 0.000861. The number of hydrogen-bond acceptors (Lipinski definition) is 4. The summed E-state index contributed by atoms with van der Waals surface area (Å²) in [7, 11) is 1.75. The molecule has 168 valence electrons. The maximum atomic E-state index is 13.9. The number of nitrogens with one attached hydrogen (secondary N) is 3. The second-order valence-corrected chi connectivity index (χ2v) is 12.0. The summed E-state index contributed by atoms with van der Waals surface area (Å²) in [6, 6.07) is -0.481. The van der Waals surface area contributed by atoms with Gasteiger partial charge in [0, 0.05) is 22.2 Å². The van der Waals surface area contributed by atoms with Crippen LogP contribution in [0.1, 0.15) is 61.3 Å². The van der Waals surface area contributed by atoms with Crippen LogP contribution in [0.5, 0.6) is 0 Å². The Bertz CT molecular complexity index is 817. The average Bonchev–Trinajstić information content (AvgIpc) is 3.00. The minimum Gasteiger partial charge on any atom is -0.377 e. The molecule has 0 radical (unpaired) electrons. The predicted octanol–water partition coefficient (Wildman–Crippen LogP) is 3.81. The lowest BCUT2D eigenvalue weighted by atomic mass is 9.54. The predicted molar refractivity (Wildman–Crippen MR) is 123 cm³/mol. The summed E-state index contributed by atoms with van der Waals surface area (Å²) in [6.07, 6.45) is 6.77. The maximum Gasteiger partial charge on any atom is 0.237 e. The number of amides is 1. The Kier molecular flexibility index (Phi) is 5.86. The van der Waals surface area contributed by atoms with Crippen LogP contribution < -0.4 is 16.0 Å². The molecule has 6 heteroatoms. The van der Waals surface area contributed by atoms with Crippen molar-refractivity contribution in [2.75, 3.05) is 7.05 Å². The third-order valence-electron chi connectivity index (χ3n) is 6.77. The number of allylic oxidation sites excluding steroid dienone is 5. The molecule has 0 aromatic heterocycles. The number of aliphatic hydroxyl groups is 1. The highest BCUT2D eigenvalue weighted by molar-refractivity contribution is 6.31. The molecule has 0 bridgehead atoms. The number of aliphatic hydroxyl groups excluding tert-OH is 1. The molecule has 3 rings (SSSR count). The topological polar surface area (TPSA) is 73.4 Å². The molecule has 0 aromatic rings. The van der Waals surface area contributed by atoms with Gasteiger partial charge in [0.2, 0.25) is 5.91 Å². The molecule has 3 aliphatic rings. The zero-order chi connectivity index (χ0) is 22.7. The molecule has 5 nitrogen and oxygen atoms in total. The van der Waals surface area contributed by atoms with E-state index in [9.17, 15) is 9.90 Å². The van der Waals surface area contributed by atoms with Crippen LogP contribution in [0.25, 0.3) is 0 Å². The summed E-state index contributed by atoms with van der Waals surface area (Å²) in [4.78, 5) is 13.9. The molecule has 1 spiro atoms. The first kappa shape index (κ1) is 23.5. The van der Waals surface area contributed by atoms with Crippen LogP contribution in [0.15, 0.2) is 34.5 Å². The highest BCUT2D eigenvalue weighted by Gasteiger charge is 2.70. The van der Waals surface area contributed by atoms with Crippen molar-refractivity contribution in [2.24, 2.45) is 21.7 Å². The molecule has 1 aliphatic carbocycles. The summed E-state index contributed by atoms with van der Waals surface area (Å²) >= 11 is 6.33. The molecule has 2 saturated heterocycles. The average molecular weight is 436 g/mol. The van der Waals surface area contributed by atoms with E-state index in [-0.39, 0.29) is 28.8 Å². The Morgan fingerprint density at radius 2 is 1.97 bits per heavy atom. The van der Waals surface area contributed by atoms with Crippen molar-refractivity contribution in [3.8, 4) is 0 Å². The molecule has 4 N–H and O–H groups in total. The molecular formula is C24H38ClN3O2. The molecule has 1 amide bonds. The van der Waals surface area contributed by atoms with Crippen LogP contribution in [-0.4, -0.2) is 36.4 Å². The van der Waals surface area contributed by atoms with Gasteiger partial charge < -0.3 is 15.7 Å². The number of likely N-dealkylation sites (N-methyl/N-ethyl adjacent to an activating group) is 1. The van der Waals surface area contributed by atoms with E-state index < -0.39 is 17.1 Å². The van der Waals surface area contributed by atoms with Gasteiger partial charge in [0.05, 0.1) is 11.5 Å². The number of carbonyl (C=O) groups excluding carboxylic acids is 1. The van der Waals surface area contributed by atoms with Crippen LogP contribution in [0.3, 0.4) is 0 Å². The van der Waals surface area contributed by atoms with Crippen LogP contribution in [-0.2, 0) is 4.79 Å². The molecule has 2 aliphatic heterocycles. The van der Waals surface area contributed by atoms with Gasteiger partial charge in [0.1, 0.15) is 6.23 Å². The summed E-state index contributed by atoms with van der Waals surface area (Å²) in [5.74, 6) is -0.000861. The number of carbonyl (C=O) groups is 1. The first-order chi connectivity index (χ1) is 13.7. The van der Waals surface area contributed by atoms with Gasteiger partial charge in [0.25, 0.3) is 0 Å². The Labute approximate surface area is 186 Å². The number of fused-ring (bicyclic) bond motifs is 2. The van der Waals surface area contributed by atoms with Gasteiger partial charge in [-0.3, -0.25) is 10.1 Å². The fourth-order valence-corrected chi connectivity index (χ4v) is 5.77. The van der Waals surface area contributed by atoms with Gasteiger partial charge in [-0.25, -0.2) is 0 Å². The van der Waals surface area contributed by atoms with E-state index in [0.29, 0.717) is 11.5 Å². The SMILES string of the molecule is CNC(O)[C@@H]1N[C@H](CC(C)(C)C)[C@]2(C(=O)NC3=CC(Cl)=CCC32C)/C1=C\C(C)(C)C. The van der Waals surface area contributed by atoms with Gasteiger partial charge in [-0.15, -0.1) is 0 Å². The van der Waals surface area contributed by atoms with E-state index in [1.165, 1.54) is 0 Å². The van der Waals surface area contributed by atoms with Crippen LogP contribution in [0.2, 0.25) is 0 Å². The first-order valence-electron chi connectivity index (χ1n) is 10.9. The Morgan fingerprint density at radius 1 is 1.33 bits per heavy atom. The maximum absolute atomic E-state index is 13.9. The van der Waals surface area contributed by atoms with Gasteiger partial charge in [-0.2, -0.15) is 0 Å². The van der Waals surface area contributed by atoms with Crippen molar-refractivity contribution in [2.45, 2.75) is 79.6 Å². The lowest BCUT2D eigenvalue weighted by Gasteiger charge is -2.46. The van der Waals surface area contributed by atoms with E-state index in [2.05, 4.69) is 70.5 Å². The monoisotopic (exact) mass is 435 g/mol. The quantitative estimate of drug-likeness (QED) is 0.402. The zero-order valence-corrected chi connectivity index (χ0v) is 20.4. The van der Waals surface area contributed by atoms with Crippen molar-refractivity contribution >= 4 is 17.5 Å². The molecule has 0 aromatic carbocycles. The Balaban J connectivity index is 2.30. The van der Waals surface area contributed by atoms with Crippen molar-refractivity contribution in [1.82, 2.24) is 16.0 Å². The van der Waals surface area contributed by atoms with Crippen molar-refractivity contribution in [1.29, 1.82) is 0 Å². The van der Waals surface area contributed by atoms with Crippen LogP contribution in [0.4, 0.5) is 0 Å². The number of halogens is 1. The van der Waals surface area contributed by atoms with Crippen molar-refractivity contribution < 1.29 is 9.90 Å². The highest BCUT2D eigenvalue weighted by Crippen LogP contribution is 2.64. The third kappa shape index (κ3) is 3.68. The number of rotatable bonds is 3. The van der Waals surface area contributed by atoms with E-state index in [1.807, 2.05) is 12.2 Å². The van der Waals surface area contributed by atoms with Gasteiger partial charge in [-0.05, 0) is 42.4 Å². The molecule has 30 heavy (non-hydrogen) atoms. The molecule has 2 unspecified atom stereocenters. The first-order valence-corrected chi connectivity index (χ1v) is 11.3. The number of hydrogen-bond donors (Lipinski definition) is 4. The molecule has 2 heterocycles. The Morgan fingerprint density at radius 3 is 2.50 bits per heavy atom. The summed E-state index contributed by atoms with van der Waals surface area (Å²) < 4.78 is 0. The zero-order valence-electron chi connectivity index (χ0n) is 19.6. The minimum atomic E-state index is -0.810. The fourth-order valence-electron chi connectivity index (χ4n) is 5.58. The fraction of sp³-hybridized carbons (Fsp3) is 0.708. The normalized spacial score (nSPS) is 36.6. The van der Waals surface area contributed by atoms with E-state index >= 15 is 0 Å². The van der Waals surface area contributed by atoms with Crippen LogP contribution >= 0.6 is 11.6 Å². The Hall–Kier alpha value is -1.14. The standard InChI is InChI=1S/C24H38ClN3O2/c1-21(2,3)12-15-18(19(29)26-8)27-17(13-22(4,5)6)24(15)20(30)28-16-11-14(25)9-10-23(16,24)7/h9,11-12,17-19,26-27,29H,10,13H2,1-8H3,(H,28,30)/b15-12-/t17-,18-,19?,23?,24+/m1/s1. The van der Waals surface area contributed by atoms with E-state index in [4.69, 9.17) is 11.6 Å². The third-order valence-corrected chi connectivity index (χ3v) is 7.03. The summed E-state index contributed by atoms with van der Waals surface area (Å²) in [5, 5.41) is 21.4. The van der Waals surface area contributed by atoms with Crippen LogP contribution in [0, 0.1) is 21.7 Å². The second-order valence-electron chi connectivity index (χ2n) is 11.6. The molecule has 0 saturated carbocycles. The van der Waals surface area contributed by atoms with Gasteiger partial charge in [0.15, 0.2) is 0 Å². The van der Waals surface area contributed by atoms with E-state index in [0.717, 1.165) is 17.7 Å². The highest BCUT2D eigenvalue weighted by atomic mass is 35.5. The largest absolute Gasteiger partial charge is 0.377 e. The summed E-state index contributed by atoms with van der Waals surface area (Å²) in [6.45, 7) is 15.2. The van der Waals surface area contributed by atoms with Gasteiger partial charge in [-0.1, -0.05) is 72.2 Å². The van der Waals surface area contributed by atoms with Crippen molar-refractivity contribution in [3.63, 3.8) is 0 Å². The lowest BCUT2D eigenvalue weighted by Crippen LogP contribution is -2.52. The molecule has 2 fully saturated rings. The van der Waals surface area contributed by atoms with Gasteiger partial charge >= 0.3 is 0 Å². The molecular weight excluding hydrogens is 398 g/mol. The lowest BCUT2D eigenvalue weighted by molar-refractivity contribution is -0.129. The smallest absolute Gasteiger partial charge is 0.237 e.